The van der Waals surface area contributed by atoms with Crippen LogP contribution >= 0.6 is 23.2 Å². The topological polar surface area (TPSA) is 38.8 Å². The minimum atomic E-state index is -0.444. The first-order valence-corrected chi connectivity index (χ1v) is 7.83. The summed E-state index contributed by atoms with van der Waals surface area (Å²) >= 11 is 11.9. The number of halogens is 2. The molecule has 114 valence electrons. The molecule has 1 amide bonds. The highest BCUT2D eigenvalue weighted by Crippen LogP contribution is 2.31. The van der Waals surface area contributed by atoms with E-state index >= 15 is 0 Å². The Kier molecular flexibility index (Phi) is 4.41. The van der Waals surface area contributed by atoms with E-state index in [2.05, 4.69) is 0 Å². The lowest BCUT2D eigenvalue weighted by atomic mass is 10.0. The molecule has 2 aliphatic rings. The molecule has 0 bridgehead atoms. The summed E-state index contributed by atoms with van der Waals surface area (Å²) in [4.78, 5) is 14.2. The summed E-state index contributed by atoms with van der Waals surface area (Å²) in [6.45, 7) is 2.63. The van der Waals surface area contributed by atoms with Gasteiger partial charge in [-0.15, -0.1) is 0 Å². The molecule has 1 spiro atoms. The van der Waals surface area contributed by atoms with Crippen molar-refractivity contribution in [3.63, 3.8) is 0 Å². The Morgan fingerprint density at radius 1 is 1.14 bits per heavy atom. The molecular formula is C15H17Cl2NO3. The number of hydrogen-bond acceptors (Lipinski definition) is 3. The van der Waals surface area contributed by atoms with E-state index in [-0.39, 0.29) is 5.91 Å². The molecule has 6 heteroatoms. The van der Waals surface area contributed by atoms with E-state index in [1.165, 1.54) is 0 Å². The fourth-order valence-corrected chi connectivity index (χ4v) is 3.14. The largest absolute Gasteiger partial charge is 0.347 e. The molecule has 2 fully saturated rings. The highest BCUT2D eigenvalue weighted by atomic mass is 35.5. The van der Waals surface area contributed by atoms with Crippen molar-refractivity contribution in [3.8, 4) is 0 Å². The molecule has 2 saturated heterocycles. The van der Waals surface area contributed by atoms with Crippen LogP contribution in [0, 0.1) is 0 Å². The summed E-state index contributed by atoms with van der Waals surface area (Å²) in [7, 11) is 0. The van der Waals surface area contributed by atoms with Crippen LogP contribution in [-0.2, 0) is 20.7 Å². The maximum Gasteiger partial charge on any atom is 0.226 e. The van der Waals surface area contributed by atoms with Crippen molar-refractivity contribution in [1.82, 2.24) is 4.90 Å². The zero-order valence-electron chi connectivity index (χ0n) is 11.6. The van der Waals surface area contributed by atoms with E-state index in [1.807, 2.05) is 11.0 Å². The summed E-state index contributed by atoms with van der Waals surface area (Å²) in [6, 6.07) is 5.30. The van der Waals surface area contributed by atoms with E-state index in [0.717, 1.165) is 18.4 Å². The molecule has 3 rings (SSSR count). The molecule has 0 N–H and O–H groups in total. The van der Waals surface area contributed by atoms with Crippen LogP contribution in [0.2, 0.25) is 10.0 Å². The molecule has 2 heterocycles. The number of carbonyl (C=O) groups is 1. The summed E-state index contributed by atoms with van der Waals surface area (Å²) in [5.74, 6) is -0.346. The van der Waals surface area contributed by atoms with Gasteiger partial charge in [-0.25, -0.2) is 0 Å². The average molecular weight is 330 g/mol. The zero-order valence-corrected chi connectivity index (χ0v) is 13.1. The number of nitrogens with zero attached hydrogens (tertiary/aromatic N) is 1. The number of ether oxygens (including phenoxy) is 2. The van der Waals surface area contributed by atoms with Gasteiger partial charge in [-0.05, 0) is 17.7 Å². The average Bonchev–Trinajstić information content (AvgIpc) is 2.92. The number of piperidine rings is 1. The number of carbonyl (C=O) groups excluding carboxylic acids is 1. The molecule has 0 aromatic heterocycles. The Morgan fingerprint density at radius 2 is 1.81 bits per heavy atom. The van der Waals surface area contributed by atoms with Crippen LogP contribution in [0.5, 0.6) is 0 Å². The smallest absolute Gasteiger partial charge is 0.226 e. The Labute approximate surface area is 133 Å². The number of rotatable bonds is 2. The van der Waals surface area contributed by atoms with Crippen molar-refractivity contribution in [2.45, 2.75) is 25.0 Å². The molecular weight excluding hydrogens is 313 g/mol. The Balaban J connectivity index is 1.57. The van der Waals surface area contributed by atoms with Crippen molar-refractivity contribution < 1.29 is 14.3 Å². The van der Waals surface area contributed by atoms with Gasteiger partial charge in [-0.2, -0.15) is 0 Å². The summed E-state index contributed by atoms with van der Waals surface area (Å²) in [6.07, 6.45) is 1.81. The normalized spacial score (nSPS) is 21.0. The van der Waals surface area contributed by atoms with E-state index in [9.17, 15) is 4.79 Å². The summed E-state index contributed by atoms with van der Waals surface area (Å²) in [5.41, 5.74) is 0.878. The molecule has 0 unspecified atom stereocenters. The molecule has 0 aliphatic carbocycles. The van der Waals surface area contributed by atoms with Gasteiger partial charge in [0, 0.05) is 25.9 Å². The van der Waals surface area contributed by atoms with Crippen molar-refractivity contribution in [2.24, 2.45) is 0 Å². The predicted molar refractivity (Wildman–Crippen MR) is 80.6 cm³/mol. The standard InChI is InChI=1S/C15H17Cl2NO3/c16-12-2-1-11(9-13(12)17)10-14(19)18-5-3-15(4-6-18)20-7-8-21-15/h1-2,9H,3-8,10H2. The van der Waals surface area contributed by atoms with Crippen LogP contribution in [-0.4, -0.2) is 42.9 Å². The molecule has 0 atom stereocenters. The van der Waals surface area contributed by atoms with Gasteiger partial charge in [0.2, 0.25) is 5.91 Å². The fraction of sp³-hybridized carbons (Fsp3) is 0.533. The SMILES string of the molecule is O=C(Cc1ccc(Cl)c(Cl)c1)N1CCC2(CC1)OCCO2. The van der Waals surface area contributed by atoms with Crippen LogP contribution in [0.1, 0.15) is 18.4 Å². The van der Waals surface area contributed by atoms with Gasteiger partial charge in [0.15, 0.2) is 5.79 Å². The van der Waals surface area contributed by atoms with Crippen molar-refractivity contribution in [2.75, 3.05) is 26.3 Å². The van der Waals surface area contributed by atoms with Crippen LogP contribution in [0.25, 0.3) is 0 Å². The highest BCUT2D eigenvalue weighted by molar-refractivity contribution is 6.42. The second-order valence-electron chi connectivity index (χ2n) is 5.41. The fourth-order valence-electron chi connectivity index (χ4n) is 2.82. The summed E-state index contributed by atoms with van der Waals surface area (Å²) in [5, 5.41) is 0.982. The van der Waals surface area contributed by atoms with E-state index < -0.39 is 5.79 Å². The summed E-state index contributed by atoms with van der Waals surface area (Å²) < 4.78 is 11.3. The molecule has 1 aromatic rings. The predicted octanol–water partition coefficient (Wildman–Crippen LogP) is 2.90. The van der Waals surface area contributed by atoms with Gasteiger partial charge < -0.3 is 14.4 Å². The van der Waals surface area contributed by atoms with Gasteiger partial charge in [-0.1, -0.05) is 29.3 Å². The lowest BCUT2D eigenvalue weighted by molar-refractivity contribution is -0.187. The molecule has 4 nitrogen and oxygen atoms in total. The van der Waals surface area contributed by atoms with Crippen molar-refractivity contribution >= 4 is 29.1 Å². The van der Waals surface area contributed by atoms with E-state index in [1.54, 1.807) is 12.1 Å². The van der Waals surface area contributed by atoms with Gasteiger partial charge in [-0.3, -0.25) is 4.79 Å². The monoisotopic (exact) mass is 329 g/mol. The van der Waals surface area contributed by atoms with Crippen LogP contribution in [0.15, 0.2) is 18.2 Å². The van der Waals surface area contributed by atoms with Crippen molar-refractivity contribution in [3.05, 3.63) is 33.8 Å². The quantitative estimate of drug-likeness (QED) is 0.837. The van der Waals surface area contributed by atoms with Gasteiger partial charge in [0.1, 0.15) is 0 Å². The first-order valence-electron chi connectivity index (χ1n) is 7.08. The van der Waals surface area contributed by atoms with Gasteiger partial charge in [0.25, 0.3) is 0 Å². The van der Waals surface area contributed by atoms with Gasteiger partial charge in [0.05, 0.1) is 29.7 Å². The number of amides is 1. The molecule has 0 saturated carbocycles. The Bertz CT molecular complexity index is 534. The third-order valence-corrected chi connectivity index (χ3v) is 4.77. The number of likely N-dealkylation sites (tertiary alicyclic amines) is 1. The first kappa shape index (κ1) is 15.1. The Hall–Kier alpha value is -0.810. The third-order valence-electron chi connectivity index (χ3n) is 4.03. The molecule has 21 heavy (non-hydrogen) atoms. The lowest BCUT2D eigenvalue weighted by Crippen LogP contribution is -2.47. The minimum absolute atomic E-state index is 0.0984. The van der Waals surface area contributed by atoms with Crippen LogP contribution in [0.3, 0.4) is 0 Å². The molecule has 2 aliphatic heterocycles. The van der Waals surface area contributed by atoms with Gasteiger partial charge >= 0.3 is 0 Å². The second-order valence-corrected chi connectivity index (χ2v) is 6.23. The van der Waals surface area contributed by atoms with Crippen molar-refractivity contribution in [1.29, 1.82) is 0 Å². The number of hydrogen-bond donors (Lipinski definition) is 0. The number of benzene rings is 1. The van der Waals surface area contributed by atoms with E-state index in [0.29, 0.717) is 42.8 Å². The second kappa shape index (κ2) is 6.13. The maximum atomic E-state index is 12.3. The van der Waals surface area contributed by atoms with Crippen LogP contribution in [0.4, 0.5) is 0 Å². The Morgan fingerprint density at radius 3 is 2.43 bits per heavy atom. The minimum Gasteiger partial charge on any atom is -0.347 e. The lowest BCUT2D eigenvalue weighted by Gasteiger charge is -2.37. The molecule has 1 aromatic carbocycles. The maximum absolute atomic E-state index is 12.3. The van der Waals surface area contributed by atoms with Crippen LogP contribution < -0.4 is 0 Å². The third kappa shape index (κ3) is 3.34. The molecule has 0 radical (unpaired) electrons. The zero-order chi connectivity index (χ0) is 14.9. The first-order chi connectivity index (χ1) is 10.1. The highest BCUT2D eigenvalue weighted by Gasteiger charge is 2.40. The van der Waals surface area contributed by atoms with E-state index in [4.69, 9.17) is 32.7 Å².